The van der Waals surface area contributed by atoms with Gasteiger partial charge >= 0.3 is 6.03 Å². The molecule has 64 valence electrons. The van der Waals surface area contributed by atoms with Gasteiger partial charge in [-0.25, -0.2) is 9.79 Å². The summed E-state index contributed by atoms with van der Waals surface area (Å²) >= 11 is 1.16. The SMILES string of the molecule is NC1=NC2NC(=O)NC(=O)C2S1. The molecule has 0 aromatic rings. The van der Waals surface area contributed by atoms with Gasteiger partial charge in [0.15, 0.2) is 5.17 Å². The number of hydrogen-bond donors (Lipinski definition) is 3. The molecule has 0 aromatic carbocycles. The number of urea groups is 1. The predicted octanol–water partition coefficient (Wildman–Crippen LogP) is -1.42. The number of nitrogens with zero attached hydrogens (tertiary/aromatic N) is 1. The average Bonchev–Trinajstić information content (AvgIpc) is 2.29. The fraction of sp³-hybridized carbons (Fsp3) is 0.400. The number of nitrogens with two attached hydrogens (primary N) is 1. The van der Waals surface area contributed by atoms with Crippen molar-refractivity contribution in [2.24, 2.45) is 10.7 Å². The van der Waals surface area contributed by atoms with Crippen LogP contribution in [0.3, 0.4) is 0 Å². The molecule has 0 aliphatic carbocycles. The zero-order valence-electron chi connectivity index (χ0n) is 5.90. The average molecular weight is 186 g/mol. The minimum absolute atomic E-state index is 0.335. The van der Waals surface area contributed by atoms with E-state index in [9.17, 15) is 9.59 Å². The van der Waals surface area contributed by atoms with Gasteiger partial charge in [0.25, 0.3) is 0 Å². The third-order valence-electron chi connectivity index (χ3n) is 1.57. The molecule has 12 heavy (non-hydrogen) atoms. The van der Waals surface area contributed by atoms with Gasteiger partial charge in [-0.05, 0) is 0 Å². The molecular formula is C5H6N4O2S. The molecule has 1 saturated heterocycles. The second-order valence-electron chi connectivity index (χ2n) is 2.41. The van der Waals surface area contributed by atoms with E-state index < -0.39 is 17.4 Å². The van der Waals surface area contributed by atoms with E-state index in [1.165, 1.54) is 0 Å². The van der Waals surface area contributed by atoms with Gasteiger partial charge in [-0.3, -0.25) is 10.1 Å². The number of aliphatic imine (C=N–C) groups is 1. The molecule has 0 radical (unpaired) electrons. The highest BCUT2D eigenvalue weighted by molar-refractivity contribution is 8.15. The second kappa shape index (κ2) is 2.37. The molecule has 0 bridgehead atoms. The first-order valence-corrected chi connectivity index (χ1v) is 4.16. The predicted molar refractivity (Wildman–Crippen MR) is 43.5 cm³/mol. The van der Waals surface area contributed by atoms with Crippen LogP contribution in [0.2, 0.25) is 0 Å². The number of amides is 3. The van der Waals surface area contributed by atoms with Crippen molar-refractivity contribution in [3.63, 3.8) is 0 Å². The molecule has 2 atom stereocenters. The van der Waals surface area contributed by atoms with Crippen LogP contribution < -0.4 is 16.4 Å². The van der Waals surface area contributed by atoms with Gasteiger partial charge in [-0.15, -0.1) is 0 Å². The molecule has 0 saturated carbocycles. The molecule has 2 unspecified atom stereocenters. The lowest BCUT2D eigenvalue weighted by Crippen LogP contribution is -2.57. The summed E-state index contributed by atoms with van der Waals surface area (Å²) < 4.78 is 0. The van der Waals surface area contributed by atoms with E-state index in [0.717, 1.165) is 11.8 Å². The summed E-state index contributed by atoms with van der Waals surface area (Å²) in [6.07, 6.45) is -0.490. The van der Waals surface area contributed by atoms with Crippen LogP contribution >= 0.6 is 11.8 Å². The molecule has 0 aromatic heterocycles. The van der Waals surface area contributed by atoms with Crippen LogP contribution in [-0.4, -0.2) is 28.5 Å². The first kappa shape index (κ1) is 7.41. The number of imide groups is 1. The van der Waals surface area contributed by atoms with E-state index in [1.807, 2.05) is 0 Å². The summed E-state index contributed by atoms with van der Waals surface area (Å²) in [5.41, 5.74) is 5.38. The molecule has 2 heterocycles. The minimum atomic E-state index is -0.514. The Morgan fingerprint density at radius 1 is 1.50 bits per heavy atom. The zero-order chi connectivity index (χ0) is 8.72. The highest BCUT2D eigenvalue weighted by Crippen LogP contribution is 2.24. The number of carbonyl (C=O) groups excluding carboxylic acids is 2. The maximum atomic E-state index is 11.1. The van der Waals surface area contributed by atoms with Crippen LogP contribution in [0.25, 0.3) is 0 Å². The maximum Gasteiger partial charge on any atom is 0.323 e. The summed E-state index contributed by atoms with van der Waals surface area (Å²) in [7, 11) is 0. The van der Waals surface area contributed by atoms with Crippen molar-refractivity contribution in [1.82, 2.24) is 10.6 Å². The molecule has 2 aliphatic rings. The Morgan fingerprint density at radius 2 is 2.25 bits per heavy atom. The van der Waals surface area contributed by atoms with Crippen molar-refractivity contribution in [1.29, 1.82) is 0 Å². The molecule has 1 fully saturated rings. The lowest BCUT2D eigenvalue weighted by molar-refractivity contribution is -0.120. The van der Waals surface area contributed by atoms with Gasteiger partial charge in [0.05, 0.1) is 0 Å². The van der Waals surface area contributed by atoms with Crippen LogP contribution in [-0.2, 0) is 4.79 Å². The fourth-order valence-electron chi connectivity index (χ4n) is 1.09. The van der Waals surface area contributed by atoms with E-state index >= 15 is 0 Å². The lowest BCUT2D eigenvalue weighted by Gasteiger charge is -2.22. The number of carbonyl (C=O) groups is 2. The van der Waals surface area contributed by atoms with Crippen molar-refractivity contribution in [2.45, 2.75) is 11.4 Å². The van der Waals surface area contributed by atoms with Crippen LogP contribution in [0.15, 0.2) is 4.99 Å². The molecule has 0 spiro atoms. The van der Waals surface area contributed by atoms with Crippen molar-refractivity contribution in [2.75, 3.05) is 0 Å². The second-order valence-corrected chi connectivity index (χ2v) is 3.58. The largest absolute Gasteiger partial charge is 0.378 e. The van der Waals surface area contributed by atoms with E-state index in [1.54, 1.807) is 0 Å². The van der Waals surface area contributed by atoms with E-state index in [-0.39, 0.29) is 5.91 Å². The quantitative estimate of drug-likeness (QED) is 0.432. The van der Waals surface area contributed by atoms with Crippen LogP contribution in [0.1, 0.15) is 0 Å². The zero-order valence-corrected chi connectivity index (χ0v) is 6.72. The first-order valence-electron chi connectivity index (χ1n) is 3.28. The Hall–Kier alpha value is -1.24. The number of hydrogen-bond acceptors (Lipinski definition) is 5. The molecule has 7 heteroatoms. The third kappa shape index (κ3) is 1.02. The third-order valence-corrected chi connectivity index (χ3v) is 2.65. The number of nitrogens with one attached hydrogen (secondary N) is 2. The normalized spacial score (nSPS) is 33.5. The van der Waals surface area contributed by atoms with Gasteiger partial charge in [0, 0.05) is 0 Å². The molecule has 3 amide bonds. The van der Waals surface area contributed by atoms with Gasteiger partial charge in [0.1, 0.15) is 11.4 Å². The monoisotopic (exact) mass is 186 g/mol. The molecular weight excluding hydrogens is 180 g/mol. The fourth-order valence-corrected chi connectivity index (χ4v) is 1.95. The van der Waals surface area contributed by atoms with Gasteiger partial charge in [-0.1, -0.05) is 11.8 Å². The minimum Gasteiger partial charge on any atom is -0.378 e. The Balaban J connectivity index is 2.22. The van der Waals surface area contributed by atoms with Gasteiger partial charge in [-0.2, -0.15) is 0 Å². The summed E-state index contributed by atoms with van der Waals surface area (Å²) in [5, 5.41) is 4.55. The van der Waals surface area contributed by atoms with E-state index in [2.05, 4.69) is 15.6 Å². The Kier molecular flexibility index (Phi) is 1.47. The van der Waals surface area contributed by atoms with Gasteiger partial charge in [0.2, 0.25) is 5.91 Å². The summed E-state index contributed by atoms with van der Waals surface area (Å²) in [6.45, 7) is 0. The van der Waals surface area contributed by atoms with Gasteiger partial charge < -0.3 is 11.1 Å². The molecule has 6 nitrogen and oxygen atoms in total. The van der Waals surface area contributed by atoms with Crippen LogP contribution in [0.4, 0.5) is 4.79 Å². The van der Waals surface area contributed by atoms with Crippen LogP contribution in [0, 0.1) is 0 Å². The smallest absolute Gasteiger partial charge is 0.323 e. The molecule has 2 rings (SSSR count). The Labute approximate surface area is 72.0 Å². The van der Waals surface area contributed by atoms with Crippen molar-refractivity contribution >= 4 is 28.9 Å². The Bertz CT molecular complexity index is 289. The van der Waals surface area contributed by atoms with Crippen molar-refractivity contribution in [3.05, 3.63) is 0 Å². The lowest BCUT2D eigenvalue weighted by atomic mass is 10.3. The van der Waals surface area contributed by atoms with E-state index in [4.69, 9.17) is 5.73 Å². The highest BCUT2D eigenvalue weighted by atomic mass is 32.2. The number of fused-ring (bicyclic) bond motifs is 1. The first-order chi connectivity index (χ1) is 5.66. The summed E-state index contributed by atoms with van der Waals surface area (Å²) in [4.78, 5) is 25.7. The molecule has 2 aliphatic heterocycles. The van der Waals surface area contributed by atoms with Crippen molar-refractivity contribution in [3.8, 4) is 0 Å². The highest BCUT2D eigenvalue weighted by Gasteiger charge is 2.40. The van der Waals surface area contributed by atoms with E-state index in [0.29, 0.717) is 5.17 Å². The summed E-state index contributed by atoms with van der Waals surface area (Å²) in [5.74, 6) is -0.335. The maximum absolute atomic E-state index is 11.1. The van der Waals surface area contributed by atoms with Crippen molar-refractivity contribution < 1.29 is 9.59 Å². The molecule has 4 N–H and O–H groups in total. The number of amidine groups is 1. The summed E-state index contributed by atoms with van der Waals surface area (Å²) in [6, 6.07) is -0.514. The topological polar surface area (TPSA) is 96.6 Å². The van der Waals surface area contributed by atoms with Crippen LogP contribution in [0.5, 0.6) is 0 Å². The number of thioether (sulfide) groups is 1. The standard InChI is InChI=1S/C5H6N4O2S/c6-4-7-2-1(12-4)3(10)9-5(11)8-2/h1-2H,(H2,6,7)(H2,8,9,10,11). The Morgan fingerprint density at radius 3 is 3.00 bits per heavy atom. The number of rotatable bonds is 0.